The fourth-order valence-electron chi connectivity index (χ4n) is 6.74. The second-order valence-electron chi connectivity index (χ2n) is 11.7. The minimum absolute atomic E-state index is 0.0297. The summed E-state index contributed by atoms with van der Waals surface area (Å²) in [6.45, 7) is 11.6. The molecule has 0 saturated carbocycles. The topological polar surface area (TPSA) is 58.1 Å². The van der Waals surface area contributed by atoms with Crippen molar-refractivity contribution in [2.75, 3.05) is 46.4 Å². The van der Waals surface area contributed by atoms with Gasteiger partial charge in [0.25, 0.3) is 5.91 Å². The molecule has 0 N–H and O–H groups in total. The lowest BCUT2D eigenvalue weighted by Gasteiger charge is -2.38. The Morgan fingerprint density at radius 1 is 1.10 bits per heavy atom. The first-order valence-corrected chi connectivity index (χ1v) is 14.6. The molecule has 3 aliphatic rings. The number of aromatic nitrogens is 1. The van der Waals surface area contributed by atoms with E-state index in [1.807, 2.05) is 0 Å². The van der Waals surface area contributed by atoms with Gasteiger partial charge in [0.1, 0.15) is 11.4 Å². The van der Waals surface area contributed by atoms with Crippen LogP contribution in [0.3, 0.4) is 0 Å². The number of fused-ring (bicyclic) bond motifs is 2. The Kier molecular flexibility index (Phi) is 8.92. The zero-order valence-electron chi connectivity index (χ0n) is 24.4. The number of hydrogen-bond donors (Lipinski definition) is 0. The number of piperidine rings is 1. The van der Waals surface area contributed by atoms with Crippen LogP contribution in [0, 0.1) is 13.8 Å². The van der Waals surface area contributed by atoms with Crippen LogP contribution in [0.15, 0.2) is 30.5 Å². The lowest BCUT2D eigenvalue weighted by molar-refractivity contribution is -0.137. The maximum Gasteiger partial charge on any atom is 0.417 e. The molecule has 1 amide bonds. The number of ether oxygens (including phenoxy) is 2. The van der Waals surface area contributed by atoms with Crippen molar-refractivity contribution in [2.45, 2.75) is 76.9 Å². The smallest absolute Gasteiger partial charge is 0.417 e. The molecule has 2 bridgehead atoms. The summed E-state index contributed by atoms with van der Waals surface area (Å²) in [5.41, 5.74) is 2.84. The molecule has 1 unspecified atom stereocenters. The van der Waals surface area contributed by atoms with Gasteiger partial charge in [-0.1, -0.05) is 6.07 Å². The van der Waals surface area contributed by atoms with E-state index in [-0.39, 0.29) is 29.7 Å². The fourth-order valence-corrected chi connectivity index (χ4v) is 6.74. The Morgan fingerprint density at radius 2 is 1.90 bits per heavy atom. The van der Waals surface area contributed by atoms with Crippen molar-refractivity contribution >= 4 is 5.91 Å². The second-order valence-corrected chi connectivity index (χ2v) is 11.7. The zero-order chi connectivity index (χ0) is 29.3. The van der Waals surface area contributed by atoms with Gasteiger partial charge in [0.2, 0.25) is 0 Å². The number of pyridine rings is 1. The number of likely N-dealkylation sites (tertiary alicyclic amines) is 3. The Morgan fingerprint density at radius 3 is 2.56 bits per heavy atom. The van der Waals surface area contributed by atoms with Crippen LogP contribution < -0.4 is 4.74 Å². The number of carbonyl (C=O) groups is 1. The number of nitrogens with zero attached hydrogens (tertiary/aromatic N) is 4. The number of alkyl halides is 3. The summed E-state index contributed by atoms with van der Waals surface area (Å²) >= 11 is 0. The SMILES string of the molecule is COC1CCCN(CCCOc2ccc([C@H](C)N3C[C@H]4C[C@@H]3CN4C(=O)c3ccc(C(F)(F)F)cn3)c(C)c2C)C1. The predicted molar refractivity (Wildman–Crippen MR) is 150 cm³/mol. The molecular weight excluding hydrogens is 533 g/mol. The Hall–Kier alpha value is -2.69. The van der Waals surface area contributed by atoms with Crippen LogP contribution in [0.2, 0.25) is 0 Å². The van der Waals surface area contributed by atoms with Crippen molar-refractivity contribution in [1.29, 1.82) is 0 Å². The van der Waals surface area contributed by atoms with Crippen LogP contribution in [0.5, 0.6) is 5.75 Å². The maximum atomic E-state index is 13.0. The first kappa shape index (κ1) is 29.8. The highest BCUT2D eigenvalue weighted by Gasteiger charge is 2.47. The minimum atomic E-state index is -4.47. The number of halogens is 3. The van der Waals surface area contributed by atoms with Crippen molar-refractivity contribution in [2.24, 2.45) is 0 Å². The van der Waals surface area contributed by atoms with Crippen LogP contribution in [0.4, 0.5) is 13.2 Å². The Bertz CT molecular complexity index is 1220. The van der Waals surface area contributed by atoms with E-state index in [1.165, 1.54) is 23.6 Å². The second kappa shape index (κ2) is 12.3. The monoisotopic (exact) mass is 574 g/mol. The predicted octanol–water partition coefficient (Wildman–Crippen LogP) is 5.26. The third-order valence-electron chi connectivity index (χ3n) is 9.25. The number of rotatable bonds is 9. The van der Waals surface area contributed by atoms with Crippen LogP contribution >= 0.6 is 0 Å². The summed E-state index contributed by atoms with van der Waals surface area (Å²) < 4.78 is 50.4. The first-order valence-electron chi connectivity index (χ1n) is 14.6. The number of benzene rings is 1. The van der Waals surface area contributed by atoms with Crippen LogP contribution in [0.1, 0.15) is 71.4 Å². The average molecular weight is 575 g/mol. The molecule has 41 heavy (non-hydrogen) atoms. The summed E-state index contributed by atoms with van der Waals surface area (Å²) in [4.78, 5) is 23.5. The van der Waals surface area contributed by atoms with E-state index in [0.29, 0.717) is 19.3 Å². The van der Waals surface area contributed by atoms with Crippen molar-refractivity contribution in [1.82, 2.24) is 19.7 Å². The molecule has 0 radical (unpaired) electrons. The molecule has 10 heteroatoms. The van der Waals surface area contributed by atoms with E-state index in [0.717, 1.165) is 69.0 Å². The Balaban J connectivity index is 1.15. The minimum Gasteiger partial charge on any atom is -0.493 e. The molecule has 1 aromatic heterocycles. The molecular formula is C31H41F3N4O3. The molecule has 4 atom stereocenters. The van der Waals surface area contributed by atoms with Gasteiger partial charge in [-0.05, 0) is 87.9 Å². The van der Waals surface area contributed by atoms with Crippen LogP contribution in [-0.4, -0.2) is 90.2 Å². The quantitative estimate of drug-likeness (QED) is 0.381. The summed E-state index contributed by atoms with van der Waals surface area (Å²) in [6, 6.07) is 6.75. The van der Waals surface area contributed by atoms with E-state index >= 15 is 0 Å². The lowest BCUT2D eigenvalue weighted by Crippen LogP contribution is -2.49. The third-order valence-corrected chi connectivity index (χ3v) is 9.25. The maximum absolute atomic E-state index is 13.0. The fraction of sp³-hybridized carbons (Fsp3) is 0.613. The van der Waals surface area contributed by atoms with Gasteiger partial charge in [0.15, 0.2) is 0 Å². The van der Waals surface area contributed by atoms with Gasteiger partial charge < -0.3 is 19.3 Å². The highest BCUT2D eigenvalue weighted by atomic mass is 19.4. The zero-order valence-corrected chi connectivity index (χ0v) is 24.4. The molecule has 0 aliphatic carbocycles. The summed E-state index contributed by atoms with van der Waals surface area (Å²) in [7, 11) is 1.79. The van der Waals surface area contributed by atoms with Crippen molar-refractivity contribution < 1.29 is 27.4 Å². The van der Waals surface area contributed by atoms with Crippen molar-refractivity contribution in [3.63, 3.8) is 0 Å². The average Bonchev–Trinajstić information content (AvgIpc) is 3.58. The molecule has 224 valence electrons. The normalized spacial score (nSPS) is 24.2. The highest BCUT2D eigenvalue weighted by molar-refractivity contribution is 5.93. The number of piperazine rings is 1. The molecule has 1 aromatic carbocycles. The van der Waals surface area contributed by atoms with Gasteiger partial charge in [0.05, 0.1) is 18.3 Å². The van der Waals surface area contributed by atoms with Gasteiger partial charge in [0, 0.05) is 57.6 Å². The first-order chi connectivity index (χ1) is 19.6. The molecule has 3 fully saturated rings. The van der Waals surface area contributed by atoms with Gasteiger partial charge in [-0.25, -0.2) is 0 Å². The van der Waals surface area contributed by atoms with E-state index in [1.54, 1.807) is 12.0 Å². The van der Waals surface area contributed by atoms with Gasteiger partial charge in [-0.3, -0.25) is 14.7 Å². The van der Waals surface area contributed by atoms with Crippen LogP contribution in [0.25, 0.3) is 0 Å². The molecule has 2 aromatic rings. The Labute approximate surface area is 240 Å². The number of amides is 1. The van der Waals surface area contributed by atoms with Gasteiger partial charge >= 0.3 is 6.18 Å². The van der Waals surface area contributed by atoms with Gasteiger partial charge in [-0.2, -0.15) is 13.2 Å². The summed E-state index contributed by atoms with van der Waals surface area (Å²) in [6.07, 6.45) is 0.761. The standard InChI is InChI=1S/C31H41F3N4O3/c1-20-21(2)29(41-14-6-13-36-12-5-7-26(19-36)40-4)11-9-27(20)22(3)37-17-25-15-24(37)18-38(25)30(39)28-10-8-23(16-35-28)31(32,33)34/h8-11,16,22,24-26H,5-7,12-15,17-19H2,1-4H3/t22-,24+,25+,26?/m0/s1. The van der Waals surface area contributed by atoms with Crippen LogP contribution in [-0.2, 0) is 10.9 Å². The van der Waals surface area contributed by atoms with E-state index in [2.05, 4.69) is 47.7 Å². The summed E-state index contributed by atoms with van der Waals surface area (Å²) in [5.74, 6) is 0.626. The van der Waals surface area contributed by atoms with E-state index in [9.17, 15) is 18.0 Å². The molecule has 3 aliphatic heterocycles. The molecule has 7 nitrogen and oxygen atoms in total. The number of methoxy groups -OCH3 is 1. The van der Waals surface area contributed by atoms with Gasteiger partial charge in [-0.15, -0.1) is 0 Å². The van der Waals surface area contributed by atoms with Crippen molar-refractivity contribution in [3.8, 4) is 5.75 Å². The van der Waals surface area contributed by atoms with E-state index < -0.39 is 11.7 Å². The lowest BCUT2D eigenvalue weighted by atomic mass is 9.96. The molecule has 4 heterocycles. The molecule has 5 rings (SSSR count). The molecule has 0 spiro atoms. The molecule has 3 saturated heterocycles. The van der Waals surface area contributed by atoms with Crippen molar-refractivity contribution in [3.05, 3.63) is 58.4 Å². The number of hydrogen-bond acceptors (Lipinski definition) is 6. The van der Waals surface area contributed by atoms with E-state index in [4.69, 9.17) is 9.47 Å². The third kappa shape index (κ3) is 6.39. The summed E-state index contributed by atoms with van der Waals surface area (Å²) in [5, 5.41) is 0. The number of carbonyl (C=O) groups excluding carboxylic acids is 1. The highest BCUT2D eigenvalue weighted by Crippen LogP contribution is 2.39. The largest absolute Gasteiger partial charge is 0.493 e.